The molecule has 0 fully saturated rings. The van der Waals surface area contributed by atoms with Crippen molar-refractivity contribution in [2.75, 3.05) is 14.2 Å². The molecule has 0 heterocycles. The number of benzene rings is 2. The Balaban J connectivity index is 2.39. The van der Waals surface area contributed by atoms with Crippen molar-refractivity contribution in [3.63, 3.8) is 0 Å². The first kappa shape index (κ1) is 15.3. The fraction of sp³-hybridized carbons (Fsp3) is 0.294. The van der Waals surface area contributed by atoms with E-state index in [1.165, 1.54) is 31.9 Å². The van der Waals surface area contributed by atoms with Gasteiger partial charge in [0.2, 0.25) is 0 Å². The molecule has 3 nitrogen and oxygen atoms in total. The largest absolute Gasteiger partial charge is 0.493 e. The van der Waals surface area contributed by atoms with E-state index in [4.69, 9.17) is 9.47 Å². The molecule has 0 saturated heterocycles. The second kappa shape index (κ2) is 6.59. The maximum Gasteiger partial charge on any atom is 0.163 e. The molecule has 0 spiro atoms. The monoisotopic (exact) mass is 290 g/mol. The average Bonchev–Trinajstić information content (AvgIpc) is 2.54. The molecule has 0 aliphatic rings. The highest BCUT2D eigenvalue weighted by atomic mass is 19.1. The van der Waals surface area contributed by atoms with Crippen molar-refractivity contribution in [1.82, 2.24) is 0 Å². The Kier molecular flexibility index (Phi) is 4.81. The van der Waals surface area contributed by atoms with Crippen molar-refractivity contribution >= 4 is 0 Å². The molecular formula is C17H19FO3. The van der Waals surface area contributed by atoms with E-state index in [-0.39, 0.29) is 5.56 Å². The Labute approximate surface area is 124 Å². The van der Waals surface area contributed by atoms with Gasteiger partial charge in [-0.15, -0.1) is 0 Å². The standard InChI is InChI=1S/C17H19FO3/c1-4-11-5-7-12(8-6-11)17(19)13-9-15(20-2)16(21-3)10-14(13)18/h5-10,17,19H,4H2,1-3H3. The van der Waals surface area contributed by atoms with Crippen LogP contribution in [0.3, 0.4) is 0 Å². The lowest BCUT2D eigenvalue weighted by atomic mass is 9.99. The summed E-state index contributed by atoms with van der Waals surface area (Å²) in [7, 11) is 2.92. The first-order chi connectivity index (χ1) is 10.1. The summed E-state index contributed by atoms with van der Waals surface area (Å²) in [4.78, 5) is 0. The van der Waals surface area contributed by atoms with Gasteiger partial charge in [0.1, 0.15) is 11.9 Å². The van der Waals surface area contributed by atoms with E-state index in [9.17, 15) is 9.50 Å². The van der Waals surface area contributed by atoms with E-state index in [0.717, 1.165) is 6.42 Å². The average molecular weight is 290 g/mol. The summed E-state index contributed by atoms with van der Waals surface area (Å²) in [6.45, 7) is 2.06. The van der Waals surface area contributed by atoms with Gasteiger partial charge in [0, 0.05) is 11.6 Å². The van der Waals surface area contributed by atoms with Crippen LogP contribution in [-0.2, 0) is 6.42 Å². The van der Waals surface area contributed by atoms with Gasteiger partial charge in [0.15, 0.2) is 11.5 Å². The van der Waals surface area contributed by atoms with Crippen LogP contribution in [-0.4, -0.2) is 19.3 Å². The topological polar surface area (TPSA) is 38.7 Å². The Bertz CT molecular complexity index is 608. The molecule has 0 aliphatic carbocycles. The lowest BCUT2D eigenvalue weighted by molar-refractivity contribution is 0.213. The summed E-state index contributed by atoms with van der Waals surface area (Å²) in [6.07, 6.45) is -0.128. The Hall–Kier alpha value is -2.07. The molecular weight excluding hydrogens is 271 g/mol. The van der Waals surface area contributed by atoms with Gasteiger partial charge in [-0.25, -0.2) is 4.39 Å². The van der Waals surface area contributed by atoms with Crippen LogP contribution >= 0.6 is 0 Å². The number of ether oxygens (including phenoxy) is 2. The zero-order chi connectivity index (χ0) is 15.4. The SMILES string of the molecule is CCc1ccc(C(O)c2cc(OC)c(OC)cc2F)cc1. The predicted octanol–water partition coefficient (Wildman–Crippen LogP) is 3.49. The van der Waals surface area contributed by atoms with Gasteiger partial charge in [0.05, 0.1) is 14.2 Å². The number of rotatable bonds is 5. The lowest BCUT2D eigenvalue weighted by Crippen LogP contribution is -2.04. The molecule has 0 aromatic heterocycles. The van der Waals surface area contributed by atoms with Crippen molar-refractivity contribution in [1.29, 1.82) is 0 Å². The number of hydrogen-bond acceptors (Lipinski definition) is 3. The van der Waals surface area contributed by atoms with Gasteiger partial charge < -0.3 is 14.6 Å². The minimum Gasteiger partial charge on any atom is -0.493 e. The Morgan fingerprint density at radius 1 is 1.05 bits per heavy atom. The summed E-state index contributed by atoms with van der Waals surface area (Å²) >= 11 is 0. The number of aryl methyl sites for hydroxylation is 1. The third-order valence-electron chi connectivity index (χ3n) is 3.50. The zero-order valence-corrected chi connectivity index (χ0v) is 12.4. The molecule has 2 rings (SSSR count). The van der Waals surface area contributed by atoms with E-state index < -0.39 is 11.9 Å². The molecule has 0 bridgehead atoms. The Morgan fingerprint density at radius 2 is 1.62 bits per heavy atom. The summed E-state index contributed by atoms with van der Waals surface area (Å²) in [5, 5.41) is 10.4. The second-order valence-electron chi connectivity index (χ2n) is 4.73. The Morgan fingerprint density at radius 3 is 2.14 bits per heavy atom. The molecule has 0 aliphatic heterocycles. The summed E-state index contributed by atoms with van der Waals surface area (Å²) in [5.74, 6) is 0.158. The molecule has 0 saturated carbocycles. The van der Waals surface area contributed by atoms with Crippen molar-refractivity contribution in [3.05, 3.63) is 58.9 Å². The highest BCUT2D eigenvalue weighted by Gasteiger charge is 2.19. The predicted molar refractivity (Wildman–Crippen MR) is 79.4 cm³/mol. The third-order valence-corrected chi connectivity index (χ3v) is 3.50. The zero-order valence-electron chi connectivity index (χ0n) is 12.4. The van der Waals surface area contributed by atoms with Crippen LogP contribution < -0.4 is 9.47 Å². The van der Waals surface area contributed by atoms with E-state index in [0.29, 0.717) is 17.1 Å². The van der Waals surface area contributed by atoms with Gasteiger partial charge in [-0.2, -0.15) is 0 Å². The fourth-order valence-corrected chi connectivity index (χ4v) is 2.19. The molecule has 4 heteroatoms. The van der Waals surface area contributed by atoms with E-state index in [2.05, 4.69) is 6.92 Å². The van der Waals surface area contributed by atoms with Crippen LogP contribution in [0, 0.1) is 5.82 Å². The molecule has 2 aromatic rings. The first-order valence-electron chi connectivity index (χ1n) is 6.79. The highest BCUT2D eigenvalue weighted by molar-refractivity contribution is 5.46. The first-order valence-corrected chi connectivity index (χ1v) is 6.79. The molecule has 2 aromatic carbocycles. The summed E-state index contributed by atoms with van der Waals surface area (Å²) in [6, 6.07) is 10.2. The quantitative estimate of drug-likeness (QED) is 0.916. The molecule has 1 unspecified atom stereocenters. The summed E-state index contributed by atoms with van der Waals surface area (Å²) < 4.78 is 24.3. The van der Waals surface area contributed by atoms with Crippen molar-refractivity contribution < 1.29 is 19.0 Å². The smallest absolute Gasteiger partial charge is 0.163 e. The normalized spacial score (nSPS) is 12.0. The van der Waals surface area contributed by atoms with Crippen LogP contribution in [0.1, 0.15) is 29.7 Å². The van der Waals surface area contributed by atoms with Crippen molar-refractivity contribution in [2.24, 2.45) is 0 Å². The number of aliphatic hydroxyl groups excluding tert-OH is 1. The fourth-order valence-electron chi connectivity index (χ4n) is 2.19. The molecule has 1 N–H and O–H groups in total. The van der Waals surface area contributed by atoms with Crippen LogP contribution in [0.2, 0.25) is 0 Å². The molecule has 0 amide bonds. The molecule has 1 atom stereocenters. The van der Waals surface area contributed by atoms with Crippen molar-refractivity contribution in [3.8, 4) is 11.5 Å². The minimum absolute atomic E-state index is 0.164. The number of halogens is 1. The maximum atomic E-state index is 14.1. The maximum absolute atomic E-state index is 14.1. The molecule has 21 heavy (non-hydrogen) atoms. The second-order valence-corrected chi connectivity index (χ2v) is 4.73. The van der Waals surface area contributed by atoms with Gasteiger partial charge in [-0.3, -0.25) is 0 Å². The number of aliphatic hydroxyl groups is 1. The molecule has 0 radical (unpaired) electrons. The molecule has 112 valence electrons. The van der Waals surface area contributed by atoms with Crippen LogP contribution in [0.15, 0.2) is 36.4 Å². The van der Waals surface area contributed by atoms with Gasteiger partial charge in [-0.1, -0.05) is 31.2 Å². The number of methoxy groups -OCH3 is 2. The summed E-state index contributed by atoms with van der Waals surface area (Å²) in [5.41, 5.74) is 1.97. The third kappa shape index (κ3) is 3.16. The lowest BCUT2D eigenvalue weighted by Gasteiger charge is -2.16. The van der Waals surface area contributed by atoms with Gasteiger partial charge in [-0.05, 0) is 23.6 Å². The highest BCUT2D eigenvalue weighted by Crippen LogP contribution is 2.34. The van der Waals surface area contributed by atoms with E-state index in [1.54, 1.807) is 12.1 Å². The van der Waals surface area contributed by atoms with Gasteiger partial charge >= 0.3 is 0 Å². The van der Waals surface area contributed by atoms with E-state index >= 15 is 0 Å². The van der Waals surface area contributed by atoms with Crippen LogP contribution in [0.25, 0.3) is 0 Å². The minimum atomic E-state index is -1.05. The number of hydrogen-bond donors (Lipinski definition) is 1. The van der Waals surface area contributed by atoms with E-state index in [1.807, 2.05) is 12.1 Å². The van der Waals surface area contributed by atoms with Crippen LogP contribution in [0.5, 0.6) is 11.5 Å². The van der Waals surface area contributed by atoms with Crippen molar-refractivity contribution in [2.45, 2.75) is 19.4 Å². The van der Waals surface area contributed by atoms with Gasteiger partial charge in [0.25, 0.3) is 0 Å². The van der Waals surface area contributed by atoms with Crippen LogP contribution in [0.4, 0.5) is 4.39 Å².